The molecular weight excluding hydrogens is 544 g/mol. The first-order valence-electron chi connectivity index (χ1n) is 12.4. The normalized spacial score (nSPS) is 16.5. The molecule has 5 rings (SSSR count). The molecule has 2 aliphatic rings. The van der Waals surface area contributed by atoms with E-state index < -0.39 is 0 Å². The van der Waals surface area contributed by atoms with Gasteiger partial charge in [0.2, 0.25) is 17.6 Å². The van der Waals surface area contributed by atoms with Crippen molar-refractivity contribution in [2.24, 2.45) is 5.92 Å². The standard InChI is InChI=1S/C26H29BrN4O4S/c1-2-34-26(33)22-19-8-3-4-9-20(19)36-25(22)29-24(32)16-10-12-31(13-11-16)15-21-28-23(30-35-21)17-6-5-7-18(27)14-17/h5-7,14,16H,2-4,8-13,15H2,1H3,(H,29,32). The summed E-state index contributed by atoms with van der Waals surface area (Å²) < 4.78 is 11.7. The van der Waals surface area contributed by atoms with Gasteiger partial charge < -0.3 is 14.6 Å². The van der Waals surface area contributed by atoms with Gasteiger partial charge in [-0.15, -0.1) is 11.3 Å². The number of likely N-dealkylation sites (tertiary alicyclic amines) is 1. The average Bonchev–Trinajstić information content (AvgIpc) is 3.49. The van der Waals surface area contributed by atoms with E-state index >= 15 is 0 Å². The van der Waals surface area contributed by atoms with Gasteiger partial charge in [-0.3, -0.25) is 9.69 Å². The van der Waals surface area contributed by atoms with Crippen LogP contribution in [-0.4, -0.2) is 46.6 Å². The number of hydrogen-bond donors (Lipinski definition) is 1. The van der Waals surface area contributed by atoms with Crippen LogP contribution in [-0.2, 0) is 28.9 Å². The molecule has 0 saturated carbocycles. The highest BCUT2D eigenvalue weighted by molar-refractivity contribution is 9.10. The number of piperidine rings is 1. The number of esters is 1. The number of anilines is 1. The van der Waals surface area contributed by atoms with E-state index in [1.807, 2.05) is 24.3 Å². The van der Waals surface area contributed by atoms with Crippen molar-refractivity contribution in [3.8, 4) is 11.4 Å². The minimum absolute atomic E-state index is 0.0199. The van der Waals surface area contributed by atoms with Gasteiger partial charge in [0.05, 0.1) is 18.7 Å². The second kappa shape index (κ2) is 11.2. The lowest BCUT2D eigenvalue weighted by Gasteiger charge is -2.30. The van der Waals surface area contributed by atoms with E-state index in [0.717, 1.165) is 67.2 Å². The molecule has 1 aliphatic carbocycles. The van der Waals surface area contributed by atoms with Crippen molar-refractivity contribution in [1.29, 1.82) is 0 Å². The number of nitrogens with one attached hydrogen (secondary N) is 1. The Bertz CT molecular complexity index is 1250. The number of aryl methyl sites for hydroxylation is 1. The van der Waals surface area contributed by atoms with Crippen LogP contribution >= 0.6 is 27.3 Å². The van der Waals surface area contributed by atoms with Crippen LogP contribution in [0.4, 0.5) is 5.00 Å². The molecule has 10 heteroatoms. The fraction of sp³-hybridized carbons (Fsp3) is 0.462. The lowest BCUT2D eigenvalue weighted by atomic mass is 9.94. The Balaban J connectivity index is 1.18. The van der Waals surface area contributed by atoms with Crippen molar-refractivity contribution in [1.82, 2.24) is 15.0 Å². The van der Waals surface area contributed by atoms with Crippen LogP contribution in [0, 0.1) is 5.92 Å². The summed E-state index contributed by atoms with van der Waals surface area (Å²) in [4.78, 5) is 33.8. The smallest absolute Gasteiger partial charge is 0.341 e. The number of benzene rings is 1. The second-order valence-electron chi connectivity index (χ2n) is 9.20. The molecular formula is C26H29BrN4O4S. The zero-order valence-corrected chi connectivity index (χ0v) is 22.6. The molecule has 1 fully saturated rings. The Labute approximate surface area is 222 Å². The van der Waals surface area contributed by atoms with Crippen LogP contribution in [0.25, 0.3) is 11.4 Å². The summed E-state index contributed by atoms with van der Waals surface area (Å²) in [7, 11) is 0. The highest BCUT2D eigenvalue weighted by atomic mass is 79.9. The molecule has 2 aromatic heterocycles. The van der Waals surface area contributed by atoms with Crippen LogP contribution in [0.15, 0.2) is 33.3 Å². The molecule has 0 spiro atoms. The lowest BCUT2D eigenvalue weighted by Crippen LogP contribution is -2.37. The SMILES string of the molecule is CCOC(=O)c1c(NC(=O)C2CCN(Cc3nc(-c4cccc(Br)c4)no3)CC2)sc2c1CCCC2. The molecule has 1 N–H and O–H groups in total. The van der Waals surface area contributed by atoms with Crippen LogP contribution in [0.2, 0.25) is 0 Å². The number of aromatic nitrogens is 2. The molecule has 0 radical (unpaired) electrons. The number of carbonyl (C=O) groups excluding carboxylic acids is 2. The average molecular weight is 574 g/mol. The van der Waals surface area contributed by atoms with E-state index in [9.17, 15) is 9.59 Å². The zero-order chi connectivity index (χ0) is 25.1. The number of thiophene rings is 1. The highest BCUT2D eigenvalue weighted by Gasteiger charge is 2.30. The summed E-state index contributed by atoms with van der Waals surface area (Å²) in [5.74, 6) is 0.681. The number of nitrogens with zero attached hydrogens (tertiary/aromatic N) is 3. The maximum atomic E-state index is 13.1. The number of hydrogen-bond acceptors (Lipinski definition) is 8. The zero-order valence-electron chi connectivity index (χ0n) is 20.2. The van der Waals surface area contributed by atoms with E-state index in [4.69, 9.17) is 9.26 Å². The largest absolute Gasteiger partial charge is 0.462 e. The van der Waals surface area contributed by atoms with Gasteiger partial charge in [-0.05, 0) is 76.2 Å². The molecule has 8 nitrogen and oxygen atoms in total. The van der Waals surface area contributed by atoms with Crippen molar-refractivity contribution in [2.75, 3.05) is 25.0 Å². The van der Waals surface area contributed by atoms with Crippen molar-refractivity contribution in [2.45, 2.75) is 52.0 Å². The Morgan fingerprint density at radius 1 is 1.25 bits per heavy atom. The van der Waals surface area contributed by atoms with Gasteiger partial charge in [0, 0.05) is 20.8 Å². The van der Waals surface area contributed by atoms with Gasteiger partial charge in [-0.1, -0.05) is 33.2 Å². The molecule has 1 amide bonds. The molecule has 3 aromatic rings. The minimum atomic E-state index is -0.330. The molecule has 1 aromatic carbocycles. The van der Waals surface area contributed by atoms with E-state index in [-0.39, 0.29) is 17.8 Å². The monoisotopic (exact) mass is 572 g/mol. The molecule has 3 heterocycles. The van der Waals surface area contributed by atoms with Crippen LogP contribution in [0.3, 0.4) is 0 Å². The summed E-state index contributed by atoms with van der Waals surface area (Å²) in [6.45, 7) is 4.20. The number of carbonyl (C=O) groups is 2. The van der Waals surface area contributed by atoms with Crippen molar-refractivity contribution in [3.63, 3.8) is 0 Å². The fourth-order valence-electron chi connectivity index (χ4n) is 4.90. The molecule has 1 saturated heterocycles. The minimum Gasteiger partial charge on any atom is -0.462 e. The third-order valence-electron chi connectivity index (χ3n) is 6.76. The first-order valence-corrected chi connectivity index (χ1v) is 14.1. The fourth-order valence-corrected chi connectivity index (χ4v) is 6.58. The summed E-state index contributed by atoms with van der Waals surface area (Å²) in [5.41, 5.74) is 2.53. The lowest BCUT2D eigenvalue weighted by molar-refractivity contribution is -0.121. The van der Waals surface area contributed by atoms with Gasteiger partial charge in [0.15, 0.2) is 0 Å². The first kappa shape index (κ1) is 25.1. The number of fused-ring (bicyclic) bond motifs is 1. The molecule has 36 heavy (non-hydrogen) atoms. The van der Waals surface area contributed by atoms with Gasteiger partial charge in [-0.2, -0.15) is 4.98 Å². The summed E-state index contributed by atoms with van der Waals surface area (Å²) in [6.07, 6.45) is 5.47. The van der Waals surface area contributed by atoms with Crippen molar-refractivity contribution < 1.29 is 18.8 Å². The summed E-state index contributed by atoms with van der Waals surface area (Å²) >= 11 is 5.01. The highest BCUT2D eigenvalue weighted by Crippen LogP contribution is 2.39. The van der Waals surface area contributed by atoms with Gasteiger partial charge >= 0.3 is 5.97 Å². The molecule has 0 unspecified atom stereocenters. The molecule has 190 valence electrons. The number of amides is 1. The molecule has 1 aliphatic heterocycles. The number of rotatable bonds is 7. The van der Waals surface area contributed by atoms with E-state index in [0.29, 0.717) is 35.4 Å². The van der Waals surface area contributed by atoms with Gasteiger partial charge in [-0.25, -0.2) is 4.79 Å². The summed E-state index contributed by atoms with van der Waals surface area (Å²) in [5, 5.41) is 7.85. The maximum absolute atomic E-state index is 13.1. The molecule has 0 atom stereocenters. The van der Waals surface area contributed by atoms with E-state index in [1.54, 1.807) is 6.92 Å². The van der Waals surface area contributed by atoms with Crippen molar-refractivity contribution >= 4 is 44.1 Å². The third-order valence-corrected chi connectivity index (χ3v) is 8.46. The Hall–Kier alpha value is -2.56. The Kier molecular flexibility index (Phi) is 7.83. The van der Waals surface area contributed by atoms with Crippen molar-refractivity contribution in [3.05, 3.63) is 50.6 Å². The van der Waals surface area contributed by atoms with Crippen LogP contribution < -0.4 is 5.32 Å². The third kappa shape index (κ3) is 5.55. The summed E-state index contributed by atoms with van der Waals surface area (Å²) in [6, 6.07) is 7.79. The van der Waals surface area contributed by atoms with Gasteiger partial charge in [0.1, 0.15) is 5.00 Å². The van der Waals surface area contributed by atoms with Crippen LogP contribution in [0.1, 0.15) is 59.3 Å². The quantitative estimate of drug-likeness (QED) is 0.375. The van der Waals surface area contributed by atoms with E-state index in [2.05, 4.69) is 36.3 Å². The van der Waals surface area contributed by atoms with E-state index in [1.165, 1.54) is 16.2 Å². The Morgan fingerprint density at radius 2 is 2.06 bits per heavy atom. The first-order chi connectivity index (χ1) is 17.5. The predicted octanol–water partition coefficient (Wildman–Crippen LogP) is 5.47. The second-order valence-corrected chi connectivity index (χ2v) is 11.2. The molecule has 0 bridgehead atoms. The number of ether oxygens (including phenoxy) is 1. The predicted molar refractivity (Wildman–Crippen MR) is 141 cm³/mol. The maximum Gasteiger partial charge on any atom is 0.341 e. The van der Waals surface area contributed by atoms with Crippen LogP contribution in [0.5, 0.6) is 0 Å². The number of halogens is 1. The van der Waals surface area contributed by atoms with Gasteiger partial charge in [0.25, 0.3) is 0 Å². The topological polar surface area (TPSA) is 97.6 Å². The Morgan fingerprint density at radius 3 is 2.83 bits per heavy atom.